The molecule has 0 saturated heterocycles. The van der Waals surface area contributed by atoms with E-state index in [2.05, 4.69) is 15.3 Å². The maximum absolute atomic E-state index is 11.8. The molecule has 0 aliphatic heterocycles. The van der Waals surface area contributed by atoms with Crippen molar-refractivity contribution in [3.8, 4) is 0 Å². The summed E-state index contributed by atoms with van der Waals surface area (Å²) in [6, 6.07) is 10.2. The molecule has 0 atom stereocenters. The van der Waals surface area contributed by atoms with Gasteiger partial charge in [0.15, 0.2) is 0 Å². The van der Waals surface area contributed by atoms with Crippen LogP contribution in [0.25, 0.3) is 22.7 Å². The van der Waals surface area contributed by atoms with Crippen LogP contribution in [0.1, 0.15) is 11.1 Å². The Hall–Kier alpha value is -3.61. The number of nitrogens with zero attached hydrogens (tertiary/aromatic N) is 1. The Morgan fingerprint density at radius 1 is 1.17 bits per heavy atom. The molecule has 24 heavy (non-hydrogen) atoms. The van der Waals surface area contributed by atoms with Crippen molar-refractivity contribution in [2.24, 2.45) is 11.5 Å². The molecule has 0 bridgehead atoms. The number of rotatable bonds is 4. The van der Waals surface area contributed by atoms with Crippen LogP contribution in [0.3, 0.4) is 0 Å². The predicted molar refractivity (Wildman–Crippen MR) is 92.8 cm³/mol. The van der Waals surface area contributed by atoms with Gasteiger partial charge in [-0.1, -0.05) is 30.3 Å². The van der Waals surface area contributed by atoms with Gasteiger partial charge in [0.05, 0.1) is 11.9 Å². The normalized spacial score (nSPS) is 11.4. The standard InChI is InChI=1S/C17H15N5O2/c18-15(23)13(10-4-2-1-3-5-10)6-11-8-20-16-14(11)7-12(9-21-16)22-17(19)24/h1-9H,(H2,18,23)(H,20,21)(H3,19,22,24)/b13-6+. The Kier molecular flexibility index (Phi) is 3.98. The summed E-state index contributed by atoms with van der Waals surface area (Å²) in [5, 5.41) is 3.20. The highest BCUT2D eigenvalue weighted by Crippen LogP contribution is 2.25. The minimum atomic E-state index is -0.675. The fourth-order valence-electron chi connectivity index (χ4n) is 2.42. The second-order valence-corrected chi connectivity index (χ2v) is 5.14. The SMILES string of the molecule is NC(=O)Nc1cnc2[nH]cc(/C=C(/C(N)=O)c3ccccc3)c2c1. The van der Waals surface area contributed by atoms with Gasteiger partial charge >= 0.3 is 6.03 Å². The second kappa shape index (κ2) is 6.25. The number of hydrogen-bond acceptors (Lipinski definition) is 3. The molecule has 2 aromatic heterocycles. The number of hydrogen-bond donors (Lipinski definition) is 4. The number of nitrogens with one attached hydrogen (secondary N) is 2. The molecule has 0 fully saturated rings. The smallest absolute Gasteiger partial charge is 0.316 e. The van der Waals surface area contributed by atoms with E-state index in [-0.39, 0.29) is 0 Å². The molecule has 0 aliphatic rings. The van der Waals surface area contributed by atoms with E-state index < -0.39 is 11.9 Å². The molecule has 7 nitrogen and oxygen atoms in total. The highest BCUT2D eigenvalue weighted by atomic mass is 16.2. The van der Waals surface area contributed by atoms with E-state index in [1.807, 2.05) is 30.3 Å². The van der Waals surface area contributed by atoms with E-state index >= 15 is 0 Å². The molecular weight excluding hydrogens is 306 g/mol. The number of anilines is 1. The molecule has 3 aromatic rings. The molecule has 6 N–H and O–H groups in total. The zero-order chi connectivity index (χ0) is 17.1. The fraction of sp³-hybridized carbons (Fsp3) is 0. The molecule has 0 aliphatic carbocycles. The molecule has 3 amide bonds. The summed E-state index contributed by atoms with van der Waals surface area (Å²) in [7, 11) is 0. The van der Waals surface area contributed by atoms with Gasteiger partial charge in [0.2, 0.25) is 5.91 Å². The minimum absolute atomic E-state index is 0.379. The summed E-state index contributed by atoms with van der Waals surface area (Å²) in [5.41, 5.74) is 13.5. The predicted octanol–water partition coefficient (Wildman–Crippen LogP) is 2.08. The van der Waals surface area contributed by atoms with Crippen LogP contribution in [0.2, 0.25) is 0 Å². The van der Waals surface area contributed by atoms with Gasteiger partial charge in [-0.3, -0.25) is 4.79 Å². The lowest BCUT2D eigenvalue weighted by Crippen LogP contribution is -2.19. The van der Waals surface area contributed by atoms with Gasteiger partial charge < -0.3 is 21.8 Å². The highest BCUT2D eigenvalue weighted by Gasteiger charge is 2.11. The summed E-state index contributed by atoms with van der Waals surface area (Å²) in [6.45, 7) is 0. The number of fused-ring (bicyclic) bond motifs is 1. The molecule has 0 radical (unpaired) electrons. The zero-order valence-corrected chi connectivity index (χ0v) is 12.6. The van der Waals surface area contributed by atoms with Crippen LogP contribution in [-0.4, -0.2) is 21.9 Å². The third-order valence-corrected chi connectivity index (χ3v) is 3.48. The number of H-pyrrole nitrogens is 1. The van der Waals surface area contributed by atoms with Gasteiger partial charge in [0.1, 0.15) is 5.65 Å². The van der Waals surface area contributed by atoms with Crippen LogP contribution in [0, 0.1) is 0 Å². The number of carbonyl (C=O) groups excluding carboxylic acids is 2. The van der Waals surface area contributed by atoms with Crippen molar-refractivity contribution in [3.63, 3.8) is 0 Å². The maximum Gasteiger partial charge on any atom is 0.316 e. The highest BCUT2D eigenvalue weighted by molar-refractivity contribution is 6.24. The molecule has 0 saturated carbocycles. The first kappa shape index (κ1) is 15.3. The number of urea groups is 1. The summed E-state index contributed by atoms with van der Waals surface area (Å²) in [4.78, 5) is 30.0. The Labute approximate surface area is 137 Å². The van der Waals surface area contributed by atoms with Gasteiger partial charge in [0, 0.05) is 22.7 Å². The van der Waals surface area contributed by atoms with Crippen molar-refractivity contribution in [2.45, 2.75) is 0 Å². The summed E-state index contributed by atoms with van der Waals surface area (Å²) in [6.07, 6.45) is 4.90. The first-order chi connectivity index (χ1) is 11.5. The van der Waals surface area contributed by atoms with E-state index in [9.17, 15) is 9.59 Å². The molecule has 7 heteroatoms. The van der Waals surface area contributed by atoms with Crippen LogP contribution < -0.4 is 16.8 Å². The summed E-state index contributed by atoms with van der Waals surface area (Å²) >= 11 is 0. The van der Waals surface area contributed by atoms with Crippen molar-refractivity contribution in [1.82, 2.24) is 9.97 Å². The van der Waals surface area contributed by atoms with Crippen LogP contribution in [0.15, 0.2) is 48.8 Å². The molecular formula is C17H15N5O2. The largest absolute Gasteiger partial charge is 0.366 e. The number of pyridine rings is 1. The number of benzene rings is 1. The molecule has 0 spiro atoms. The summed E-state index contributed by atoms with van der Waals surface area (Å²) in [5.74, 6) is -0.532. The number of carbonyl (C=O) groups is 2. The molecule has 1 aromatic carbocycles. The second-order valence-electron chi connectivity index (χ2n) is 5.14. The van der Waals surface area contributed by atoms with Crippen molar-refractivity contribution >= 4 is 40.3 Å². The fourth-order valence-corrected chi connectivity index (χ4v) is 2.42. The molecule has 2 heterocycles. The van der Waals surface area contributed by atoms with Gasteiger partial charge in [-0.15, -0.1) is 0 Å². The third kappa shape index (κ3) is 3.09. The van der Waals surface area contributed by atoms with Crippen LogP contribution in [-0.2, 0) is 4.79 Å². The first-order valence-electron chi connectivity index (χ1n) is 7.15. The Morgan fingerprint density at radius 2 is 1.92 bits per heavy atom. The van der Waals surface area contributed by atoms with Gasteiger partial charge in [-0.25, -0.2) is 9.78 Å². The Bertz CT molecular complexity index is 944. The van der Waals surface area contributed by atoms with Gasteiger partial charge in [0.25, 0.3) is 0 Å². The van der Waals surface area contributed by atoms with E-state index in [1.54, 1.807) is 18.3 Å². The monoisotopic (exact) mass is 321 g/mol. The van der Waals surface area contributed by atoms with Crippen LogP contribution in [0.4, 0.5) is 10.5 Å². The lowest BCUT2D eigenvalue weighted by atomic mass is 10.0. The number of nitrogens with two attached hydrogens (primary N) is 2. The number of aromatic amines is 1. The zero-order valence-electron chi connectivity index (χ0n) is 12.6. The first-order valence-corrected chi connectivity index (χ1v) is 7.15. The van der Waals surface area contributed by atoms with Crippen molar-refractivity contribution in [3.05, 3.63) is 59.9 Å². The van der Waals surface area contributed by atoms with Gasteiger partial charge in [-0.2, -0.15) is 0 Å². The number of aromatic nitrogens is 2. The average Bonchev–Trinajstić information content (AvgIpc) is 2.95. The Morgan fingerprint density at radius 3 is 2.58 bits per heavy atom. The van der Waals surface area contributed by atoms with Crippen molar-refractivity contribution in [1.29, 1.82) is 0 Å². The van der Waals surface area contributed by atoms with Crippen LogP contribution in [0.5, 0.6) is 0 Å². The topological polar surface area (TPSA) is 127 Å². The van der Waals surface area contributed by atoms with E-state index in [1.165, 1.54) is 6.20 Å². The van der Waals surface area contributed by atoms with E-state index in [4.69, 9.17) is 11.5 Å². The van der Waals surface area contributed by atoms with Crippen molar-refractivity contribution in [2.75, 3.05) is 5.32 Å². The average molecular weight is 321 g/mol. The lowest BCUT2D eigenvalue weighted by Gasteiger charge is -2.04. The third-order valence-electron chi connectivity index (χ3n) is 3.48. The van der Waals surface area contributed by atoms with Gasteiger partial charge in [-0.05, 0) is 17.7 Å². The van der Waals surface area contributed by atoms with E-state index in [0.717, 1.165) is 16.5 Å². The quantitative estimate of drug-likeness (QED) is 0.549. The summed E-state index contributed by atoms with van der Waals surface area (Å²) < 4.78 is 0. The molecule has 3 rings (SSSR count). The van der Waals surface area contributed by atoms with E-state index in [0.29, 0.717) is 16.9 Å². The number of amides is 3. The minimum Gasteiger partial charge on any atom is -0.366 e. The van der Waals surface area contributed by atoms with Crippen LogP contribution >= 0.6 is 0 Å². The Balaban J connectivity index is 2.10. The lowest BCUT2D eigenvalue weighted by molar-refractivity contribution is -0.112. The molecule has 120 valence electrons. The molecule has 0 unspecified atom stereocenters. The maximum atomic E-state index is 11.8. The van der Waals surface area contributed by atoms with Crippen molar-refractivity contribution < 1.29 is 9.59 Å². The number of primary amides is 2.